The Hall–Kier alpha value is -1.28. The molecule has 0 spiro atoms. The number of unbranched alkanes of at least 4 members (excludes halogenated alkanes) is 3. The minimum atomic E-state index is 0.565. The highest BCUT2D eigenvalue weighted by atomic mass is 32.1. The van der Waals surface area contributed by atoms with Crippen LogP contribution in [0.15, 0.2) is 0 Å². The second-order valence-corrected chi connectivity index (χ2v) is 5.46. The average molecular weight is 328 g/mol. The van der Waals surface area contributed by atoms with Crippen molar-refractivity contribution in [3.05, 3.63) is 0 Å². The molecule has 0 aliphatic carbocycles. The van der Waals surface area contributed by atoms with Crippen LogP contribution in [0.2, 0.25) is 0 Å². The molecule has 1 aromatic heterocycles. The zero-order valence-corrected chi connectivity index (χ0v) is 14.3. The first-order chi connectivity index (χ1) is 10.8. The third-order valence-electron chi connectivity index (χ3n) is 3.01. The number of anilines is 3. The molecule has 0 saturated heterocycles. The maximum Gasteiger partial charge on any atom is 0.229 e. The van der Waals surface area contributed by atoms with Crippen molar-refractivity contribution in [1.29, 1.82) is 0 Å². The van der Waals surface area contributed by atoms with Crippen LogP contribution in [0.4, 0.5) is 17.8 Å². The van der Waals surface area contributed by atoms with Gasteiger partial charge in [0.2, 0.25) is 17.8 Å². The van der Waals surface area contributed by atoms with E-state index in [4.69, 9.17) is 5.73 Å². The lowest BCUT2D eigenvalue weighted by Crippen LogP contribution is -2.15. The summed E-state index contributed by atoms with van der Waals surface area (Å²) >= 11 is 4.18. The zero-order chi connectivity index (χ0) is 16.0. The second kappa shape index (κ2) is 12.3. The molecular weight excluding hydrogens is 298 g/mol. The van der Waals surface area contributed by atoms with Crippen LogP contribution >= 0.6 is 12.6 Å². The number of nitrogens with one attached hydrogen (secondary N) is 3. The van der Waals surface area contributed by atoms with E-state index in [0.29, 0.717) is 30.9 Å². The van der Waals surface area contributed by atoms with E-state index in [0.717, 1.165) is 31.7 Å². The normalized spacial score (nSPS) is 10.5. The molecule has 0 aromatic carbocycles. The first-order valence-corrected chi connectivity index (χ1v) is 8.72. The summed E-state index contributed by atoms with van der Waals surface area (Å²) in [4.78, 5) is 13.1. The van der Waals surface area contributed by atoms with Gasteiger partial charge in [-0.25, -0.2) is 0 Å². The third kappa shape index (κ3) is 8.23. The minimum Gasteiger partial charge on any atom is -0.354 e. The quantitative estimate of drug-likeness (QED) is 0.279. The van der Waals surface area contributed by atoms with E-state index >= 15 is 0 Å². The van der Waals surface area contributed by atoms with Crippen LogP contribution in [-0.2, 0) is 0 Å². The lowest BCUT2D eigenvalue weighted by Gasteiger charge is -2.10. The molecular formula is C14H29N7S. The van der Waals surface area contributed by atoms with Gasteiger partial charge in [-0.3, -0.25) is 0 Å². The van der Waals surface area contributed by atoms with E-state index in [2.05, 4.69) is 50.5 Å². The Morgan fingerprint density at radius 1 is 0.818 bits per heavy atom. The molecule has 1 heterocycles. The summed E-state index contributed by atoms with van der Waals surface area (Å²) in [6, 6.07) is 0. The highest BCUT2D eigenvalue weighted by Gasteiger charge is 2.05. The summed E-state index contributed by atoms with van der Waals surface area (Å²) in [7, 11) is 0. The van der Waals surface area contributed by atoms with Gasteiger partial charge in [0.1, 0.15) is 0 Å². The third-order valence-corrected chi connectivity index (χ3v) is 3.23. The standard InChI is InChI=1S/C14H29N7S/c1-2-3-4-5-8-16-12-19-13(17-9-6-7-15)21-14(20-12)18-10-11-22/h22H,2-11,15H2,1H3,(H3,16,17,18,19,20,21). The van der Waals surface area contributed by atoms with Crippen molar-refractivity contribution in [3.63, 3.8) is 0 Å². The Morgan fingerprint density at radius 3 is 1.86 bits per heavy atom. The molecule has 0 saturated carbocycles. The summed E-state index contributed by atoms with van der Waals surface area (Å²) in [5.74, 6) is 2.46. The van der Waals surface area contributed by atoms with Crippen LogP contribution in [0, 0.1) is 0 Å². The largest absolute Gasteiger partial charge is 0.354 e. The molecule has 0 bridgehead atoms. The Labute approximate surface area is 138 Å². The van der Waals surface area contributed by atoms with E-state index in [1.54, 1.807) is 0 Å². The number of hydrogen-bond acceptors (Lipinski definition) is 8. The number of nitrogens with two attached hydrogens (primary N) is 1. The van der Waals surface area contributed by atoms with Crippen molar-refractivity contribution < 1.29 is 0 Å². The van der Waals surface area contributed by atoms with Gasteiger partial charge < -0.3 is 21.7 Å². The lowest BCUT2D eigenvalue weighted by atomic mass is 10.2. The lowest BCUT2D eigenvalue weighted by molar-refractivity contribution is 0.683. The average Bonchev–Trinajstić information content (AvgIpc) is 2.53. The van der Waals surface area contributed by atoms with E-state index in [-0.39, 0.29) is 0 Å². The van der Waals surface area contributed by atoms with Crippen LogP contribution in [-0.4, -0.2) is 46.9 Å². The fourth-order valence-electron chi connectivity index (χ4n) is 1.84. The number of thiol groups is 1. The van der Waals surface area contributed by atoms with Gasteiger partial charge in [0.25, 0.3) is 0 Å². The van der Waals surface area contributed by atoms with E-state index < -0.39 is 0 Å². The molecule has 7 nitrogen and oxygen atoms in total. The number of nitrogens with zero attached hydrogens (tertiary/aromatic N) is 3. The van der Waals surface area contributed by atoms with Crippen molar-refractivity contribution in [1.82, 2.24) is 15.0 Å². The number of hydrogen-bond donors (Lipinski definition) is 5. The summed E-state index contributed by atoms with van der Waals surface area (Å²) in [5.41, 5.74) is 5.50. The molecule has 1 aromatic rings. The molecule has 8 heteroatoms. The highest BCUT2D eigenvalue weighted by Crippen LogP contribution is 2.10. The van der Waals surface area contributed by atoms with Crippen molar-refractivity contribution in [2.75, 3.05) is 47.9 Å². The van der Waals surface area contributed by atoms with Gasteiger partial charge in [-0.05, 0) is 19.4 Å². The monoisotopic (exact) mass is 327 g/mol. The van der Waals surface area contributed by atoms with Crippen LogP contribution < -0.4 is 21.7 Å². The SMILES string of the molecule is CCCCCCNc1nc(NCCS)nc(NCCCN)n1. The van der Waals surface area contributed by atoms with Crippen LogP contribution in [0.3, 0.4) is 0 Å². The van der Waals surface area contributed by atoms with Gasteiger partial charge >= 0.3 is 0 Å². The Kier molecular flexibility index (Phi) is 10.5. The smallest absolute Gasteiger partial charge is 0.229 e. The summed E-state index contributed by atoms with van der Waals surface area (Å²) in [6.45, 7) is 5.19. The van der Waals surface area contributed by atoms with Gasteiger partial charge in [0.05, 0.1) is 0 Å². The molecule has 0 amide bonds. The van der Waals surface area contributed by atoms with Crippen molar-refractivity contribution in [2.45, 2.75) is 39.0 Å². The molecule has 0 aliphatic rings. The van der Waals surface area contributed by atoms with Crippen molar-refractivity contribution >= 4 is 30.5 Å². The molecule has 5 N–H and O–H groups in total. The van der Waals surface area contributed by atoms with Gasteiger partial charge in [0, 0.05) is 25.4 Å². The Bertz CT molecular complexity index is 403. The molecule has 1 rings (SSSR count). The van der Waals surface area contributed by atoms with Crippen molar-refractivity contribution in [3.8, 4) is 0 Å². The Morgan fingerprint density at radius 2 is 1.36 bits per heavy atom. The van der Waals surface area contributed by atoms with Gasteiger partial charge in [-0.15, -0.1) is 0 Å². The molecule has 0 fully saturated rings. The predicted molar refractivity (Wildman–Crippen MR) is 97.0 cm³/mol. The number of rotatable bonds is 13. The Balaban J connectivity index is 2.57. The molecule has 0 atom stereocenters. The van der Waals surface area contributed by atoms with Crippen LogP contribution in [0.25, 0.3) is 0 Å². The summed E-state index contributed by atoms with van der Waals surface area (Å²) < 4.78 is 0. The van der Waals surface area contributed by atoms with E-state index in [1.165, 1.54) is 19.3 Å². The maximum atomic E-state index is 5.50. The maximum absolute atomic E-state index is 5.50. The van der Waals surface area contributed by atoms with E-state index in [1.807, 2.05) is 0 Å². The van der Waals surface area contributed by atoms with Crippen LogP contribution in [0.5, 0.6) is 0 Å². The molecule has 126 valence electrons. The highest BCUT2D eigenvalue weighted by molar-refractivity contribution is 7.80. The molecule has 22 heavy (non-hydrogen) atoms. The van der Waals surface area contributed by atoms with Gasteiger partial charge in [0.15, 0.2) is 0 Å². The fourth-order valence-corrected chi connectivity index (χ4v) is 1.95. The minimum absolute atomic E-state index is 0.565. The van der Waals surface area contributed by atoms with Gasteiger partial charge in [-0.2, -0.15) is 27.6 Å². The predicted octanol–water partition coefficient (Wildman–Crippen LogP) is 1.97. The molecule has 0 unspecified atom stereocenters. The first kappa shape index (κ1) is 18.8. The first-order valence-electron chi connectivity index (χ1n) is 8.08. The molecule has 0 aliphatic heterocycles. The van der Waals surface area contributed by atoms with Crippen LogP contribution in [0.1, 0.15) is 39.0 Å². The molecule has 0 radical (unpaired) electrons. The second-order valence-electron chi connectivity index (χ2n) is 5.01. The van der Waals surface area contributed by atoms with E-state index in [9.17, 15) is 0 Å². The number of aromatic nitrogens is 3. The van der Waals surface area contributed by atoms with Crippen molar-refractivity contribution in [2.24, 2.45) is 5.73 Å². The summed E-state index contributed by atoms with van der Waals surface area (Å²) in [6.07, 6.45) is 5.72. The topological polar surface area (TPSA) is 101 Å². The van der Waals surface area contributed by atoms with Gasteiger partial charge in [-0.1, -0.05) is 26.2 Å². The summed E-state index contributed by atoms with van der Waals surface area (Å²) in [5, 5.41) is 9.57. The fraction of sp³-hybridized carbons (Fsp3) is 0.786. The zero-order valence-electron chi connectivity index (χ0n) is 13.4.